The third kappa shape index (κ3) is 2.46. The van der Waals surface area contributed by atoms with Crippen LogP contribution >= 0.6 is 0 Å². The molecule has 4 heteroatoms. The first-order valence-corrected chi connectivity index (χ1v) is 6.27. The van der Waals surface area contributed by atoms with Crippen LogP contribution in [0.15, 0.2) is 18.2 Å². The minimum absolute atomic E-state index is 0. The van der Waals surface area contributed by atoms with Crippen LogP contribution in [-0.4, -0.2) is 17.9 Å². The topological polar surface area (TPSA) is 44.1 Å². The largest absolute Gasteiger partial charge is 0.652 e. The second kappa shape index (κ2) is 5.68. The van der Waals surface area contributed by atoms with Crippen molar-refractivity contribution < 1.29 is 37.5 Å². The SMILES string of the molecule is C[N-]C(=O)c1ccc2c(C)c3c(nc2c1)CCC3.[Y]. The van der Waals surface area contributed by atoms with Crippen LogP contribution in [0, 0.1) is 6.92 Å². The van der Waals surface area contributed by atoms with Gasteiger partial charge in [0.1, 0.15) is 0 Å². The van der Waals surface area contributed by atoms with Gasteiger partial charge in [-0.15, -0.1) is 7.05 Å². The molecule has 2 aromatic rings. The first-order valence-electron chi connectivity index (χ1n) is 6.27. The van der Waals surface area contributed by atoms with E-state index in [0.717, 1.165) is 23.7 Å². The van der Waals surface area contributed by atoms with Crippen molar-refractivity contribution in [2.24, 2.45) is 0 Å². The summed E-state index contributed by atoms with van der Waals surface area (Å²) in [5.74, 6) is -0.183. The van der Waals surface area contributed by atoms with Crippen molar-refractivity contribution in [1.29, 1.82) is 0 Å². The van der Waals surface area contributed by atoms with E-state index in [4.69, 9.17) is 4.98 Å². The van der Waals surface area contributed by atoms with Crippen LogP contribution in [-0.2, 0) is 45.6 Å². The summed E-state index contributed by atoms with van der Waals surface area (Å²) >= 11 is 0. The van der Waals surface area contributed by atoms with E-state index >= 15 is 0 Å². The number of hydrogen-bond donors (Lipinski definition) is 0. The summed E-state index contributed by atoms with van der Waals surface area (Å²) in [6.07, 6.45) is 3.38. The molecule has 0 saturated carbocycles. The van der Waals surface area contributed by atoms with E-state index in [0.29, 0.717) is 5.56 Å². The number of carbonyl (C=O) groups excluding carboxylic acids is 1. The number of rotatable bonds is 1. The molecule has 0 saturated heterocycles. The van der Waals surface area contributed by atoms with Gasteiger partial charge in [0, 0.05) is 49.4 Å². The molecule has 0 aliphatic heterocycles. The van der Waals surface area contributed by atoms with Gasteiger partial charge < -0.3 is 10.1 Å². The maximum absolute atomic E-state index is 11.6. The van der Waals surface area contributed by atoms with Crippen LogP contribution in [0.4, 0.5) is 0 Å². The number of hydrogen-bond acceptors (Lipinski definition) is 2. The predicted octanol–water partition coefficient (Wildman–Crippen LogP) is 3.17. The fraction of sp³-hybridized carbons (Fsp3) is 0.333. The van der Waals surface area contributed by atoms with Gasteiger partial charge in [-0.25, -0.2) is 0 Å². The molecule has 19 heavy (non-hydrogen) atoms. The molecule has 1 aliphatic carbocycles. The smallest absolute Gasteiger partial charge is 0.0819 e. The van der Waals surface area contributed by atoms with Crippen LogP contribution in [0.25, 0.3) is 16.2 Å². The number of benzene rings is 1. The zero-order valence-electron chi connectivity index (χ0n) is 11.2. The van der Waals surface area contributed by atoms with Gasteiger partial charge in [-0.1, -0.05) is 12.1 Å². The molecule has 0 bridgehead atoms. The number of aromatic nitrogens is 1. The van der Waals surface area contributed by atoms with Gasteiger partial charge in [0.05, 0.1) is 11.4 Å². The fourth-order valence-electron chi connectivity index (χ4n) is 2.77. The molecular formula is C15H15N2OY-. The van der Waals surface area contributed by atoms with E-state index in [1.54, 1.807) is 0 Å². The zero-order chi connectivity index (χ0) is 12.7. The third-order valence-corrected chi connectivity index (χ3v) is 3.75. The summed E-state index contributed by atoms with van der Waals surface area (Å²) in [5.41, 5.74) is 5.47. The molecule has 0 atom stereocenters. The number of amides is 1. The fourth-order valence-corrected chi connectivity index (χ4v) is 2.77. The van der Waals surface area contributed by atoms with Crippen molar-refractivity contribution in [3.05, 3.63) is 45.9 Å². The molecule has 3 rings (SSSR count). The van der Waals surface area contributed by atoms with Crippen LogP contribution in [0.1, 0.15) is 33.6 Å². The van der Waals surface area contributed by atoms with Crippen molar-refractivity contribution in [1.82, 2.24) is 4.98 Å². The van der Waals surface area contributed by atoms with Crippen LogP contribution in [0.3, 0.4) is 0 Å². The van der Waals surface area contributed by atoms with Gasteiger partial charge in [-0.05, 0) is 43.4 Å². The van der Waals surface area contributed by atoms with E-state index in [1.807, 2.05) is 18.2 Å². The molecule has 95 valence electrons. The van der Waals surface area contributed by atoms with E-state index in [-0.39, 0.29) is 38.6 Å². The molecule has 1 aromatic carbocycles. The van der Waals surface area contributed by atoms with Crippen LogP contribution in [0.2, 0.25) is 0 Å². The molecule has 0 N–H and O–H groups in total. The van der Waals surface area contributed by atoms with E-state index in [2.05, 4.69) is 12.2 Å². The molecule has 0 fully saturated rings. The minimum atomic E-state index is -0.183. The Bertz CT molecular complexity index is 652. The summed E-state index contributed by atoms with van der Waals surface area (Å²) in [4.78, 5) is 16.3. The molecular weight excluding hydrogens is 313 g/mol. The normalized spacial score (nSPS) is 12.9. The Labute approximate surface area is 138 Å². The monoisotopic (exact) mass is 328 g/mol. The van der Waals surface area contributed by atoms with E-state index < -0.39 is 0 Å². The van der Waals surface area contributed by atoms with Gasteiger partial charge in [0.25, 0.3) is 0 Å². The Balaban J connectivity index is 0.00000133. The van der Waals surface area contributed by atoms with Crippen LogP contribution in [0.5, 0.6) is 0 Å². The number of pyridine rings is 1. The van der Waals surface area contributed by atoms with Gasteiger partial charge in [0.2, 0.25) is 0 Å². The molecule has 1 aromatic heterocycles. The zero-order valence-corrected chi connectivity index (χ0v) is 14.1. The maximum atomic E-state index is 11.6. The van der Waals surface area contributed by atoms with E-state index in [9.17, 15) is 4.79 Å². The Morgan fingerprint density at radius 3 is 2.84 bits per heavy atom. The van der Waals surface area contributed by atoms with Gasteiger partial charge in [0.15, 0.2) is 0 Å². The van der Waals surface area contributed by atoms with Crippen molar-refractivity contribution in [3.8, 4) is 0 Å². The molecule has 0 spiro atoms. The first-order chi connectivity index (χ1) is 8.70. The predicted molar refractivity (Wildman–Crippen MR) is 72.1 cm³/mol. The Morgan fingerprint density at radius 2 is 2.11 bits per heavy atom. The van der Waals surface area contributed by atoms with Gasteiger partial charge in [-0.2, -0.15) is 0 Å². The minimum Gasteiger partial charge on any atom is -0.652 e. The van der Waals surface area contributed by atoms with Crippen molar-refractivity contribution in [2.45, 2.75) is 26.2 Å². The molecule has 3 nitrogen and oxygen atoms in total. The molecule has 1 aliphatic rings. The summed E-state index contributed by atoms with van der Waals surface area (Å²) in [5, 5.41) is 4.85. The molecule has 1 radical (unpaired) electrons. The van der Waals surface area contributed by atoms with Gasteiger partial charge in [-0.3, -0.25) is 4.98 Å². The van der Waals surface area contributed by atoms with E-state index in [1.165, 1.54) is 30.3 Å². The Hall–Kier alpha value is -0.796. The molecule has 0 unspecified atom stereocenters. The average Bonchev–Trinajstić information content (AvgIpc) is 2.86. The van der Waals surface area contributed by atoms with Crippen LogP contribution < -0.4 is 0 Å². The first kappa shape index (κ1) is 14.6. The van der Waals surface area contributed by atoms with Gasteiger partial charge >= 0.3 is 0 Å². The summed E-state index contributed by atoms with van der Waals surface area (Å²) in [6, 6.07) is 5.69. The standard InChI is InChI=1S/C15H16N2O.Y/c1-9-11-4-3-5-13(11)17-14-8-10(15(18)16-2)6-7-12(9)14;/h6-8H,3-5H2,1-2H3,(H,16,18);/p-1. The summed E-state index contributed by atoms with van der Waals surface area (Å²) in [7, 11) is 1.52. The maximum Gasteiger partial charge on any atom is 0.0819 e. The average molecular weight is 328 g/mol. The number of aryl methyl sites for hydroxylation is 2. The summed E-state index contributed by atoms with van der Waals surface area (Å²) in [6.45, 7) is 2.15. The second-order valence-corrected chi connectivity index (χ2v) is 4.78. The Morgan fingerprint density at radius 1 is 1.32 bits per heavy atom. The second-order valence-electron chi connectivity index (χ2n) is 4.78. The van der Waals surface area contributed by atoms with Crippen molar-refractivity contribution >= 4 is 16.8 Å². The van der Waals surface area contributed by atoms with Crippen molar-refractivity contribution in [2.75, 3.05) is 7.05 Å². The Kier molecular flexibility index (Phi) is 4.37. The third-order valence-electron chi connectivity index (χ3n) is 3.75. The number of nitrogens with zero attached hydrogens (tertiary/aromatic N) is 2. The quantitative estimate of drug-likeness (QED) is 0.807. The molecule has 1 heterocycles. The van der Waals surface area contributed by atoms with Crippen molar-refractivity contribution in [3.63, 3.8) is 0 Å². The number of fused-ring (bicyclic) bond motifs is 2. The summed E-state index contributed by atoms with van der Waals surface area (Å²) < 4.78 is 0. The number of carbonyl (C=O) groups is 1. The molecule has 1 amide bonds.